The third kappa shape index (κ3) is 2.87. The Labute approximate surface area is 123 Å². The lowest BCUT2D eigenvalue weighted by molar-refractivity contribution is 0.233. The van der Waals surface area contributed by atoms with Crippen LogP contribution < -0.4 is 5.32 Å². The number of hydrogen-bond acceptors (Lipinski definition) is 2. The summed E-state index contributed by atoms with van der Waals surface area (Å²) in [5.41, 5.74) is 5.03. The summed E-state index contributed by atoms with van der Waals surface area (Å²) in [5, 5.41) is 3.38. The maximum atomic E-state index is 5.59. The Bertz CT molecular complexity index is 482. The molecule has 0 radical (unpaired) electrons. The van der Waals surface area contributed by atoms with Gasteiger partial charge in [-0.05, 0) is 59.2 Å². The molecule has 2 rings (SSSR count). The molecule has 0 aromatic heterocycles. The number of piperazine rings is 1. The Balaban J connectivity index is 2.27. The fourth-order valence-corrected chi connectivity index (χ4v) is 2.99. The molecule has 1 aromatic rings. The zero-order valence-electron chi connectivity index (χ0n) is 11.0. The molecule has 2 nitrogen and oxygen atoms in total. The van der Waals surface area contributed by atoms with Gasteiger partial charge in [0.2, 0.25) is 0 Å². The second kappa shape index (κ2) is 6.05. The van der Waals surface area contributed by atoms with Crippen molar-refractivity contribution in [2.75, 3.05) is 26.2 Å². The number of nitrogens with one attached hydrogen (secondary N) is 1. The molecule has 1 N–H and O–H groups in total. The van der Waals surface area contributed by atoms with Crippen LogP contribution in [0.4, 0.5) is 0 Å². The van der Waals surface area contributed by atoms with Crippen molar-refractivity contribution in [1.29, 1.82) is 0 Å². The third-order valence-electron chi connectivity index (χ3n) is 3.62. The number of halogens is 1. The summed E-state index contributed by atoms with van der Waals surface area (Å²) in [4.78, 5) is 2.49. The smallest absolute Gasteiger partial charge is 0.0285 e. The highest BCUT2D eigenvalue weighted by molar-refractivity contribution is 14.1. The van der Waals surface area contributed by atoms with Gasteiger partial charge in [0.05, 0.1) is 0 Å². The van der Waals surface area contributed by atoms with Crippen LogP contribution in [0.1, 0.15) is 22.3 Å². The van der Waals surface area contributed by atoms with E-state index in [4.69, 9.17) is 6.42 Å². The van der Waals surface area contributed by atoms with E-state index in [2.05, 4.69) is 58.6 Å². The Morgan fingerprint density at radius 1 is 1.33 bits per heavy atom. The van der Waals surface area contributed by atoms with Gasteiger partial charge in [-0.3, -0.25) is 4.90 Å². The lowest BCUT2D eigenvalue weighted by atomic mass is 9.99. The molecule has 0 aliphatic carbocycles. The van der Waals surface area contributed by atoms with Crippen molar-refractivity contribution >= 4 is 22.6 Å². The van der Waals surface area contributed by atoms with Crippen LogP contribution in [0.2, 0.25) is 0 Å². The van der Waals surface area contributed by atoms with Crippen LogP contribution in [0.3, 0.4) is 0 Å². The standard InChI is InChI=1S/C15H19IN2/c1-4-13-9-14(12(3)15(16)11(13)2)10-18-7-5-17-6-8-18/h1,9,17H,5-8,10H2,2-3H3. The van der Waals surface area contributed by atoms with E-state index in [1.54, 1.807) is 0 Å². The maximum Gasteiger partial charge on any atom is 0.0285 e. The second-order valence-electron chi connectivity index (χ2n) is 4.82. The van der Waals surface area contributed by atoms with Crippen molar-refractivity contribution in [2.24, 2.45) is 0 Å². The molecule has 96 valence electrons. The average Bonchev–Trinajstić information content (AvgIpc) is 2.40. The van der Waals surface area contributed by atoms with Crippen LogP contribution in [0.5, 0.6) is 0 Å². The monoisotopic (exact) mass is 354 g/mol. The van der Waals surface area contributed by atoms with Gasteiger partial charge in [-0.25, -0.2) is 0 Å². The molecule has 1 aliphatic heterocycles. The van der Waals surface area contributed by atoms with E-state index in [1.165, 1.54) is 20.3 Å². The average molecular weight is 354 g/mol. The van der Waals surface area contributed by atoms with Gasteiger partial charge < -0.3 is 5.32 Å². The van der Waals surface area contributed by atoms with E-state index >= 15 is 0 Å². The zero-order valence-corrected chi connectivity index (χ0v) is 13.2. The topological polar surface area (TPSA) is 15.3 Å². The van der Waals surface area contributed by atoms with Crippen LogP contribution in [0.15, 0.2) is 6.07 Å². The molecule has 3 heteroatoms. The first kappa shape index (κ1) is 13.9. The van der Waals surface area contributed by atoms with Gasteiger partial charge in [0.25, 0.3) is 0 Å². The lowest BCUT2D eigenvalue weighted by Gasteiger charge is -2.28. The van der Waals surface area contributed by atoms with Crippen LogP contribution in [-0.4, -0.2) is 31.1 Å². The molecule has 1 saturated heterocycles. The van der Waals surface area contributed by atoms with Gasteiger partial charge in [0, 0.05) is 41.9 Å². The number of rotatable bonds is 2. The number of terminal acetylenes is 1. The molecule has 0 amide bonds. The molecule has 1 aromatic carbocycles. The SMILES string of the molecule is C#Cc1cc(CN2CCNCC2)c(C)c(I)c1C. The Morgan fingerprint density at radius 2 is 2.00 bits per heavy atom. The molecular weight excluding hydrogens is 335 g/mol. The minimum atomic E-state index is 1.01. The van der Waals surface area contributed by atoms with E-state index in [1.807, 2.05) is 0 Å². The van der Waals surface area contributed by atoms with Crippen molar-refractivity contribution < 1.29 is 0 Å². The summed E-state index contributed by atoms with van der Waals surface area (Å²) in [5.74, 6) is 2.81. The quantitative estimate of drug-likeness (QED) is 0.648. The Morgan fingerprint density at radius 3 is 2.61 bits per heavy atom. The minimum absolute atomic E-state index is 1.01. The van der Waals surface area contributed by atoms with Gasteiger partial charge in [-0.1, -0.05) is 5.92 Å². The van der Waals surface area contributed by atoms with Crippen LogP contribution in [0, 0.1) is 29.8 Å². The first-order chi connectivity index (χ1) is 8.63. The summed E-state index contributed by atoms with van der Waals surface area (Å²) in [6.45, 7) is 9.74. The first-order valence-corrected chi connectivity index (χ1v) is 7.39. The highest BCUT2D eigenvalue weighted by Gasteiger charge is 2.14. The molecule has 1 fully saturated rings. The predicted octanol–water partition coefficient (Wildman–Crippen LogP) is 2.29. The molecule has 0 atom stereocenters. The van der Waals surface area contributed by atoms with Crippen molar-refractivity contribution in [3.63, 3.8) is 0 Å². The van der Waals surface area contributed by atoms with Crippen molar-refractivity contribution in [3.05, 3.63) is 31.9 Å². The third-order valence-corrected chi connectivity index (χ3v) is 5.24. The van der Waals surface area contributed by atoms with Crippen molar-refractivity contribution in [1.82, 2.24) is 10.2 Å². The minimum Gasteiger partial charge on any atom is -0.314 e. The highest BCUT2D eigenvalue weighted by atomic mass is 127. The van der Waals surface area contributed by atoms with E-state index < -0.39 is 0 Å². The van der Waals surface area contributed by atoms with E-state index in [0.29, 0.717) is 0 Å². The first-order valence-electron chi connectivity index (χ1n) is 6.31. The summed E-state index contributed by atoms with van der Waals surface area (Å²) in [6, 6.07) is 2.19. The molecule has 0 saturated carbocycles. The van der Waals surface area contributed by atoms with Gasteiger partial charge in [0.1, 0.15) is 0 Å². The van der Waals surface area contributed by atoms with Gasteiger partial charge in [-0.2, -0.15) is 0 Å². The maximum absolute atomic E-state index is 5.59. The predicted molar refractivity (Wildman–Crippen MR) is 84.7 cm³/mol. The molecule has 1 aliphatic rings. The summed E-state index contributed by atoms with van der Waals surface area (Å²) in [6.07, 6.45) is 5.59. The largest absolute Gasteiger partial charge is 0.314 e. The number of nitrogens with zero attached hydrogens (tertiary/aromatic N) is 1. The fraction of sp³-hybridized carbons (Fsp3) is 0.467. The Hall–Kier alpha value is -0.570. The molecule has 0 bridgehead atoms. The summed E-state index contributed by atoms with van der Waals surface area (Å²) < 4.78 is 1.31. The summed E-state index contributed by atoms with van der Waals surface area (Å²) in [7, 11) is 0. The van der Waals surface area contributed by atoms with E-state index in [0.717, 1.165) is 38.3 Å². The summed E-state index contributed by atoms with van der Waals surface area (Å²) >= 11 is 2.41. The van der Waals surface area contributed by atoms with Crippen LogP contribution in [0.25, 0.3) is 0 Å². The van der Waals surface area contributed by atoms with Crippen LogP contribution in [-0.2, 0) is 6.54 Å². The van der Waals surface area contributed by atoms with Crippen molar-refractivity contribution in [3.8, 4) is 12.3 Å². The van der Waals surface area contributed by atoms with Gasteiger partial charge in [-0.15, -0.1) is 6.42 Å². The molecule has 1 heterocycles. The van der Waals surface area contributed by atoms with Gasteiger partial charge >= 0.3 is 0 Å². The number of benzene rings is 1. The number of hydrogen-bond donors (Lipinski definition) is 1. The second-order valence-corrected chi connectivity index (χ2v) is 5.90. The molecule has 0 unspecified atom stereocenters. The van der Waals surface area contributed by atoms with Crippen LogP contribution >= 0.6 is 22.6 Å². The lowest BCUT2D eigenvalue weighted by Crippen LogP contribution is -2.43. The van der Waals surface area contributed by atoms with Gasteiger partial charge in [0.15, 0.2) is 0 Å². The molecular formula is C15H19IN2. The van der Waals surface area contributed by atoms with E-state index in [9.17, 15) is 0 Å². The normalized spacial score (nSPS) is 16.6. The molecule has 18 heavy (non-hydrogen) atoms. The highest BCUT2D eigenvalue weighted by Crippen LogP contribution is 2.24. The van der Waals surface area contributed by atoms with Crippen molar-refractivity contribution in [2.45, 2.75) is 20.4 Å². The zero-order chi connectivity index (χ0) is 13.1. The molecule has 0 spiro atoms. The van der Waals surface area contributed by atoms with E-state index in [-0.39, 0.29) is 0 Å². The fourth-order valence-electron chi connectivity index (χ4n) is 2.36. The Kier molecular flexibility index (Phi) is 4.66.